The third-order valence-electron chi connectivity index (χ3n) is 4.35. The normalized spacial score (nSPS) is 17.1. The molecule has 0 bridgehead atoms. The quantitative estimate of drug-likeness (QED) is 0.452. The Balaban J connectivity index is 1.63. The van der Waals surface area contributed by atoms with E-state index < -0.39 is 5.97 Å². The van der Waals surface area contributed by atoms with Crippen molar-refractivity contribution in [3.63, 3.8) is 0 Å². The van der Waals surface area contributed by atoms with Crippen LogP contribution in [0.25, 0.3) is 0 Å². The average Bonchev–Trinajstić information content (AvgIpc) is 2.72. The number of halogens is 1. The van der Waals surface area contributed by atoms with Gasteiger partial charge < -0.3 is 9.57 Å². The van der Waals surface area contributed by atoms with Crippen molar-refractivity contribution in [1.82, 2.24) is 0 Å². The highest BCUT2D eigenvalue weighted by Gasteiger charge is 2.27. The lowest BCUT2D eigenvalue weighted by atomic mass is 9.96. The van der Waals surface area contributed by atoms with Crippen LogP contribution in [0.1, 0.15) is 34.0 Å². The van der Waals surface area contributed by atoms with Gasteiger partial charge >= 0.3 is 5.97 Å². The van der Waals surface area contributed by atoms with Gasteiger partial charge in [0.15, 0.2) is 0 Å². The summed E-state index contributed by atoms with van der Waals surface area (Å²) in [6.07, 6.45) is 0.301. The van der Waals surface area contributed by atoms with Crippen molar-refractivity contribution < 1.29 is 14.4 Å². The zero-order chi connectivity index (χ0) is 18.6. The molecule has 0 N–H and O–H groups in total. The van der Waals surface area contributed by atoms with Gasteiger partial charge in [0.25, 0.3) is 0 Å². The lowest BCUT2D eigenvalue weighted by Gasteiger charge is -2.27. The van der Waals surface area contributed by atoms with Crippen LogP contribution in [-0.2, 0) is 4.84 Å². The summed E-state index contributed by atoms with van der Waals surface area (Å²) in [5.74, 6) is 0.124. The molecule has 0 unspecified atom stereocenters. The van der Waals surface area contributed by atoms with Crippen molar-refractivity contribution in [3.8, 4) is 5.75 Å². The number of ether oxygens (including phenoxy) is 1. The standard InChI is InChI=1S/C22H16ClNO3/c23-18-12-6-4-10-16(18)22(25)27-24-19-14-21(15-8-2-1-3-9-15)26-20-13-7-5-11-17(19)20/h1-13,21H,14H2/b24-19-/t21-/m0/s1. The molecule has 0 fully saturated rings. The summed E-state index contributed by atoms with van der Waals surface area (Å²) in [5.41, 5.74) is 2.79. The van der Waals surface area contributed by atoms with E-state index in [-0.39, 0.29) is 11.7 Å². The smallest absolute Gasteiger partial charge is 0.367 e. The molecule has 4 nitrogen and oxygen atoms in total. The number of oxime groups is 1. The van der Waals surface area contributed by atoms with Gasteiger partial charge in [0.05, 0.1) is 16.3 Å². The Morgan fingerprint density at radius 2 is 1.67 bits per heavy atom. The van der Waals surface area contributed by atoms with Crippen LogP contribution in [0.5, 0.6) is 5.75 Å². The number of benzene rings is 3. The van der Waals surface area contributed by atoms with E-state index in [4.69, 9.17) is 21.2 Å². The number of rotatable bonds is 3. The third kappa shape index (κ3) is 3.71. The second-order valence-corrected chi connectivity index (χ2v) is 6.52. The predicted octanol–water partition coefficient (Wildman–Crippen LogP) is 5.42. The van der Waals surface area contributed by atoms with Crippen LogP contribution in [0, 0.1) is 0 Å². The van der Waals surface area contributed by atoms with Gasteiger partial charge in [0, 0.05) is 12.0 Å². The minimum absolute atomic E-state index is 0.195. The number of hydrogen-bond donors (Lipinski definition) is 0. The monoisotopic (exact) mass is 377 g/mol. The molecule has 0 saturated heterocycles. The first-order valence-electron chi connectivity index (χ1n) is 8.56. The van der Waals surface area contributed by atoms with Crippen LogP contribution < -0.4 is 4.74 Å². The van der Waals surface area contributed by atoms with Crippen LogP contribution in [0.3, 0.4) is 0 Å². The molecule has 0 amide bonds. The predicted molar refractivity (Wildman–Crippen MR) is 104 cm³/mol. The maximum absolute atomic E-state index is 12.3. The zero-order valence-corrected chi connectivity index (χ0v) is 15.1. The molecule has 134 valence electrons. The maximum atomic E-state index is 12.3. The lowest BCUT2D eigenvalue weighted by molar-refractivity contribution is 0.0513. The Labute approximate surface area is 162 Å². The molecule has 4 rings (SSSR count). The van der Waals surface area contributed by atoms with Gasteiger partial charge in [0.1, 0.15) is 11.9 Å². The largest absolute Gasteiger partial charge is 0.485 e. The van der Waals surface area contributed by atoms with E-state index in [1.54, 1.807) is 24.3 Å². The minimum Gasteiger partial charge on any atom is -0.485 e. The highest BCUT2D eigenvalue weighted by atomic mass is 35.5. The third-order valence-corrected chi connectivity index (χ3v) is 4.68. The summed E-state index contributed by atoms with van der Waals surface area (Å²) in [7, 11) is 0. The van der Waals surface area contributed by atoms with E-state index in [9.17, 15) is 4.79 Å². The molecule has 0 radical (unpaired) electrons. The summed E-state index contributed by atoms with van der Waals surface area (Å²) < 4.78 is 6.12. The molecule has 3 aromatic carbocycles. The van der Waals surface area contributed by atoms with Gasteiger partial charge in [0.2, 0.25) is 0 Å². The molecular formula is C22H16ClNO3. The van der Waals surface area contributed by atoms with Crippen molar-refractivity contribution in [2.24, 2.45) is 5.16 Å². The van der Waals surface area contributed by atoms with Crippen LogP contribution >= 0.6 is 11.6 Å². The molecule has 0 spiro atoms. The molecule has 1 atom stereocenters. The molecular weight excluding hydrogens is 362 g/mol. The maximum Gasteiger partial charge on any atom is 0.367 e. The molecule has 0 saturated carbocycles. The Morgan fingerprint density at radius 3 is 2.48 bits per heavy atom. The fourth-order valence-electron chi connectivity index (χ4n) is 3.00. The second-order valence-electron chi connectivity index (χ2n) is 6.11. The summed E-state index contributed by atoms with van der Waals surface area (Å²) in [4.78, 5) is 17.5. The first kappa shape index (κ1) is 17.3. The Bertz CT molecular complexity index is 1000. The Morgan fingerprint density at radius 1 is 0.963 bits per heavy atom. The van der Waals surface area contributed by atoms with Crippen molar-refractivity contribution in [2.75, 3.05) is 0 Å². The Hall–Kier alpha value is -3.11. The number of carbonyl (C=O) groups excluding carboxylic acids is 1. The van der Waals surface area contributed by atoms with Crippen molar-refractivity contribution in [1.29, 1.82) is 0 Å². The van der Waals surface area contributed by atoms with E-state index in [2.05, 4.69) is 5.16 Å². The fraction of sp³-hybridized carbons (Fsp3) is 0.0909. The van der Waals surface area contributed by atoms with Gasteiger partial charge in [-0.25, -0.2) is 4.79 Å². The highest BCUT2D eigenvalue weighted by molar-refractivity contribution is 6.33. The second kappa shape index (κ2) is 7.64. The fourth-order valence-corrected chi connectivity index (χ4v) is 3.21. The molecule has 1 aliphatic rings. The van der Waals surface area contributed by atoms with Crippen LogP contribution in [0.2, 0.25) is 5.02 Å². The van der Waals surface area contributed by atoms with Crippen LogP contribution in [-0.4, -0.2) is 11.7 Å². The van der Waals surface area contributed by atoms with E-state index in [1.165, 1.54) is 0 Å². The number of nitrogens with zero attached hydrogens (tertiary/aromatic N) is 1. The van der Waals surface area contributed by atoms with Gasteiger partial charge in [-0.1, -0.05) is 71.4 Å². The molecule has 5 heteroatoms. The molecule has 3 aromatic rings. The number of fused-ring (bicyclic) bond motifs is 1. The van der Waals surface area contributed by atoms with E-state index in [0.717, 1.165) is 11.1 Å². The molecule has 27 heavy (non-hydrogen) atoms. The lowest BCUT2D eigenvalue weighted by Crippen LogP contribution is -2.21. The summed E-state index contributed by atoms with van der Waals surface area (Å²) in [6, 6.07) is 24.2. The summed E-state index contributed by atoms with van der Waals surface area (Å²) in [6.45, 7) is 0. The summed E-state index contributed by atoms with van der Waals surface area (Å²) >= 11 is 6.06. The first-order chi connectivity index (χ1) is 13.2. The van der Waals surface area contributed by atoms with Crippen molar-refractivity contribution in [3.05, 3.63) is 101 Å². The molecule has 1 aliphatic heterocycles. The minimum atomic E-state index is -0.590. The number of hydrogen-bond acceptors (Lipinski definition) is 4. The van der Waals surface area contributed by atoms with Gasteiger partial charge in [-0.05, 0) is 29.8 Å². The average molecular weight is 378 g/mol. The Kier molecular flexibility index (Phi) is 4.90. The van der Waals surface area contributed by atoms with E-state index >= 15 is 0 Å². The zero-order valence-electron chi connectivity index (χ0n) is 14.3. The van der Waals surface area contributed by atoms with Gasteiger partial charge in [-0.2, -0.15) is 0 Å². The van der Waals surface area contributed by atoms with Crippen molar-refractivity contribution in [2.45, 2.75) is 12.5 Å². The highest BCUT2D eigenvalue weighted by Crippen LogP contribution is 2.35. The molecule has 1 heterocycles. The first-order valence-corrected chi connectivity index (χ1v) is 8.94. The van der Waals surface area contributed by atoms with Gasteiger partial charge in [-0.15, -0.1) is 0 Å². The van der Waals surface area contributed by atoms with Gasteiger partial charge in [-0.3, -0.25) is 0 Å². The molecule has 0 aromatic heterocycles. The SMILES string of the molecule is O=C(O/N=C1/C[C@@H](c2ccccc2)Oc2ccccc21)c1ccccc1Cl. The molecule has 0 aliphatic carbocycles. The summed E-state index contributed by atoms with van der Waals surface area (Å²) in [5, 5.41) is 4.48. The van der Waals surface area contributed by atoms with E-state index in [1.807, 2.05) is 54.6 Å². The van der Waals surface area contributed by atoms with Crippen molar-refractivity contribution >= 4 is 23.3 Å². The van der Waals surface area contributed by atoms with Crippen LogP contribution in [0.15, 0.2) is 84.0 Å². The van der Waals surface area contributed by atoms with E-state index in [0.29, 0.717) is 22.9 Å². The number of carbonyl (C=O) groups is 1. The van der Waals surface area contributed by atoms with Crippen LogP contribution in [0.4, 0.5) is 0 Å². The number of para-hydroxylation sites is 1. The topological polar surface area (TPSA) is 47.9 Å².